The summed E-state index contributed by atoms with van der Waals surface area (Å²) in [4.78, 5) is 10.1. The van der Waals surface area contributed by atoms with Gasteiger partial charge < -0.3 is 5.32 Å². The van der Waals surface area contributed by atoms with E-state index in [-0.39, 0.29) is 6.04 Å². The van der Waals surface area contributed by atoms with Gasteiger partial charge in [0.15, 0.2) is 0 Å². The van der Waals surface area contributed by atoms with Crippen LogP contribution in [0.25, 0.3) is 0 Å². The second kappa shape index (κ2) is 3.90. The molecule has 1 rings (SSSR count). The maximum Gasteiger partial charge on any atom is 0.207 e. The molecule has 1 aromatic carbocycles. The van der Waals surface area contributed by atoms with Crippen molar-refractivity contribution in [2.24, 2.45) is 0 Å². The van der Waals surface area contributed by atoms with Crippen LogP contribution in [0.3, 0.4) is 0 Å². The van der Waals surface area contributed by atoms with Gasteiger partial charge in [0.2, 0.25) is 6.41 Å². The van der Waals surface area contributed by atoms with Crippen molar-refractivity contribution < 1.29 is 4.79 Å². The third-order valence-electron chi connectivity index (χ3n) is 1.90. The van der Waals surface area contributed by atoms with Gasteiger partial charge in [-0.3, -0.25) is 4.79 Å². The monoisotopic (exact) mass is 163 g/mol. The minimum Gasteiger partial charge on any atom is -0.352 e. The zero-order chi connectivity index (χ0) is 8.97. The van der Waals surface area contributed by atoms with Gasteiger partial charge in [-0.15, -0.1) is 0 Å². The zero-order valence-corrected chi connectivity index (χ0v) is 7.37. The number of hydrogen-bond donors (Lipinski definition) is 1. The van der Waals surface area contributed by atoms with E-state index in [1.165, 1.54) is 5.56 Å². The first-order valence-corrected chi connectivity index (χ1v) is 4.00. The summed E-state index contributed by atoms with van der Waals surface area (Å²) in [7, 11) is 0. The molecule has 1 N–H and O–H groups in total. The molecule has 0 bridgehead atoms. The number of aryl methyl sites for hydroxylation is 1. The zero-order valence-electron chi connectivity index (χ0n) is 7.37. The molecule has 0 aliphatic carbocycles. The van der Waals surface area contributed by atoms with Gasteiger partial charge in [0.1, 0.15) is 0 Å². The molecule has 0 aliphatic rings. The molecular formula is C10H13NO. The SMILES string of the molecule is Cc1ccc([C@@H](C)NC=O)cc1. The number of benzene rings is 1. The van der Waals surface area contributed by atoms with E-state index in [1.54, 1.807) is 0 Å². The highest BCUT2D eigenvalue weighted by Gasteiger charge is 2.01. The number of carbonyl (C=O) groups is 1. The highest BCUT2D eigenvalue weighted by atomic mass is 16.1. The van der Waals surface area contributed by atoms with Crippen LogP contribution < -0.4 is 5.32 Å². The lowest BCUT2D eigenvalue weighted by molar-refractivity contribution is -0.110. The Morgan fingerprint density at radius 1 is 1.33 bits per heavy atom. The molecule has 0 aliphatic heterocycles. The van der Waals surface area contributed by atoms with Crippen LogP contribution in [0.2, 0.25) is 0 Å². The lowest BCUT2D eigenvalue weighted by Crippen LogP contribution is -2.15. The largest absolute Gasteiger partial charge is 0.352 e. The fourth-order valence-corrected chi connectivity index (χ4v) is 1.05. The summed E-state index contributed by atoms with van der Waals surface area (Å²) in [6.07, 6.45) is 0.727. The summed E-state index contributed by atoms with van der Waals surface area (Å²) in [6.45, 7) is 4.00. The second-order valence-electron chi connectivity index (χ2n) is 2.92. The summed E-state index contributed by atoms with van der Waals surface area (Å²) in [5.74, 6) is 0. The fourth-order valence-electron chi connectivity index (χ4n) is 1.05. The lowest BCUT2D eigenvalue weighted by atomic mass is 10.1. The molecule has 2 nitrogen and oxygen atoms in total. The van der Waals surface area contributed by atoms with Crippen LogP contribution in [-0.2, 0) is 4.79 Å². The summed E-state index contributed by atoms with van der Waals surface area (Å²) >= 11 is 0. The van der Waals surface area contributed by atoms with Crippen LogP contribution in [0.4, 0.5) is 0 Å². The highest BCUT2D eigenvalue weighted by Crippen LogP contribution is 2.11. The van der Waals surface area contributed by atoms with Gasteiger partial charge in [-0.05, 0) is 19.4 Å². The molecule has 0 aromatic heterocycles. The molecule has 0 saturated heterocycles. The van der Waals surface area contributed by atoms with Crippen LogP contribution in [0, 0.1) is 6.92 Å². The van der Waals surface area contributed by atoms with Crippen molar-refractivity contribution in [3.63, 3.8) is 0 Å². The van der Waals surface area contributed by atoms with Crippen molar-refractivity contribution >= 4 is 6.41 Å². The molecule has 1 atom stereocenters. The quantitative estimate of drug-likeness (QED) is 0.676. The topological polar surface area (TPSA) is 29.1 Å². The molecule has 0 unspecified atom stereocenters. The van der Waals surface area contributed by atoms with Gasteiger partial charge >= 0.3 is 0 Å². The maximum absolute atomic E-state index is 10.1. The van der Waals surface area contributed by atoms with E-state index < -0.39 is 0 Å². The predicted octanol–water partition coefficient (Wildman–Crippen LogP) is 1.80. The van der Waals surface area contributed by atoms with E-state index in [4.69, 9.17) is 0 Å². The summed E-state index contributed by atoms with van der Waals surface area (Å²) in [5.41, 5.74) is 2.37. The van der Waals surface area contributed by atoms with E-state index in [2.05, 4.69) is 5.32 Å². The van der Waals surface area contributed by atoms with E-state index in [0.717, 1.165) is 12.0 Å². The van der Waals surface area contributed by atoms with Gasteiger partial charge in [-0.1, -0.05) is 29.8 Å². The van der Waals surface area contributed by atoms with Crippen molar-refractivity contribution in [1.29, 1.82) is 0 Å². The number of amides is 1. The molecule has 0 spiro atoms. The Hall–Kier alpha value is -1.31. The lowest BCUT2D eigenvalue weighted by Gasteiger charge is -2.09. The molecule has 0 radical (unpaired) electrons. The third-order valence-corrected chi connectivity index (χ3v) is 1.90. The Labute approximate surface area is 72.6 Å². The summed E-state index contributed by atoms with van der Waals surface area (Å²) < 4.78 is 0. The molecular weight excluding hydrogens is 150 g/mol. The van der Waals surface area contributed by atoms with E-state index in [9.17, 15) is 4.79 Å². The number of nitrogens with one attached hydrogen (secondary N) is 1. The van der Waals surface area contributed by atoms with Gasteiger partial charge in [0.25, 0.3) is 0 Å². The number of rotatable bonds is 3. The average Bonchev–Trinajstić information content (AvgIpc) is 2.06. The van der Waals surface area contributed by atoms with Crippen LogP contribution >= 0.6 is 0 Å². The maximum atomic E-state index is 10.1. The van der Waals surface area contributed by atoms with Crippen LogP contribution in [0.5, 0.6) is 0 Å². The Balaban J connectivity index is 2.74. The Kier molecular flexibility index (Phi) is 2.86. The first-order chi connectivity index (χ1) is 5.74. The second-order valence-corrected chi connectivity index (χ2v) is 2.92. The smallest absolute Gasteiger partial charge is 0.207 e. The Bertz CT molecular complexity index is 253. The first-order valence-electron chi connectivity index (χ1n) is 4.00. The van der Waals surface area contributed by atoms with Gasteiger partial charge in [-0.2, -0.15) is 0 Å². The van der Waals surface area contributed by atoms with Crippen molar-refractivity contribution in [3.8, 4) is 0 Å². The standard InChI is InChI=1S/C10H13NO/c1-8-3-5-10(6-4-8)9(2)11-7-12/h3-7,9H,1-2H3,(H,11,12)/t9-/m1/s1. The van der Waals surface area contributed by atoms with Gasteiger partial charge in [0, 0.05) is 0 Å². The first kappa shape index (κ1) is 8.78. The number of carbonyl (C=O) groups excluding carboxylic acids is 1. The highest BCUT2D eigenvalue weighted by molar-refractivity contribution is 5.47. The molecule has 1 amide bonds. The van der Waals surface area contributed by atoms with Crippen LogP contribution in [-0.4, -0.2) is 6.41 Å². The van der Waals surface area contributed by atoms with Crippen molar-refractivity contribution in [1.82, 2.24) is 5.32 Å². The Morgan fingerprint density at radius 3 is 2.42 bits per heavy atom. The molecule has 12 heavy (non-hydrogen) atoms. The average molecular weight is 163 g/mol. The minimum absolute atomic E-state index is 0.100. The normalized spacial score (nSPS) is 12.2. The van der Waals surface area contributed by atoms with Gasteiger partial charge in [0.05, 0.1) is 6.04 Å². The summed E-state index contributed by atoms with van der Waals surface area (Å²) in [6, 6.07) is 8.23. The predicted molar refractivity (Wildman–Crippen MR) is 48.8 cm³/mol. The Morgan fingerprint density at radius 2 is 1.92 bits per heavy atom. The van der Waals surface area contributed by atoms with Crippen molar-refractivity contribution in [3.05, 3.63) is 35.4 Å². The van der Waals surface area contributed by atoms with E-state index in [0.29, 0.717) is 0 Å². The van der Waals surface area contributed by atoms with Crippen molar-refractivity contribution in [2.75, 3.05) is 0 Å². The molecule has 2 heteroatoms. The third kappa shape index (κ3) is 2.09. The number of hydrogen-bond acceptors (Lipinski definition) is 1. The van der Waals surface area contributed by atoms with Crippen LogP contribution in [0.15, 0.2) is 24.3 Å². The molecule has 0 fully saturated rings. The van der Waals surface area contributed by atoms with E-state index in [1.807, 2.05) is 38.1 Å². The van der Waals surface area contributed by atoms with Gasteiger partial charge in [-0.25, -0.2) is 0 Å². The van der Waals surface area contributed by atoms with Crippen molar-refractivity contribution in [2.45, 2.75) is 19.9 Å². The molecule has 0 heterocycles. The molecule has 64 valence electrons. The van der Waals surface area contributed by atoms with Crippen LogP contribution in [0.1, 0.15) is 24.1 Å². The summed E-state index contributed by atoms with van der Waals surface area (Å²) in [5, 5.41) is 2.70. The minimum atomic E-state index is 0.100. The van der Waals surface area contributed by atoms with E-state index >= 15 is 0 Å². The fraction of sp³-hybridized carbons (Fsp3) is 0.300. The molecule has 1 aromatic rings. The molecule has 0 saturated carbocycles.